The smallest absolute Gasteiger partial charge is 0.243 e. The lowest BCUT2D eigenvalue weighted by Crippen LogP contribution is -2.54. The number of benzene rings is 2. The Kier molecular flexibility index (Phi) is 15.1. The van der Waals surface area contributed by atoms with Crippen molar-refractivity contribution >= 4 is 40.9 Å². The van der Waals surface area contributed by atoms with E-state index in [1.807, 2.05) is 18.2 Å². The Balaban J connectivity index is 0.00000675. The molecule has 0 spiro atoms. The summed E-state index contributed by atoms with van der Waals surface area (Å²) in [6, 6.07) is 13.0. The van der Waals surface area contributed by atoms with Crippen LogP contribution in [0.25, 0.3) is 10.8 Å². The van der Waals surface area contributed by atoms with Gasteiger partial charge in [0.1, 0.15) is 12.1 Å². The molecule has 1 heterocycles. The molecule has 44 heavy (non-hydrogen) atoms. The maximum absolute atomic E-state index is 13.8. The second-order valence-corrected chi connectivity index (χ2v) is 14.5. The van der Waals surface area contributed by atoms with Gasteiger partial charge in [0, 0.05) is 25.4 Å². The standard InChI is InChI=1S/C36H56N4O3.ClH/c1-25(2)20-30(21-26(3)4)35(43)40-19-10-14-32(40)34(42)39-31(33(41)38-18-11-17-37-24-36(5,6)7)23-27-15-16-28-12-8-9-13-29(28)22-27;/h8-9,12-13,15-16,22,25-26,30-32,37H,10-11,14,17-21,23-24H2,1-7H3,(H,38,41)(H,39,42);1H/t31-,32?;/m1./s1. The number of nitrogens with one attached hydrogen (secondary N) is 3. The number of likely N-dealkylation sites (tertiary alicyclic amines) is 1. The van der Waals surface area contributed by atoms with Gasteiger partial charge >= 0.3 is 0 Å². The number of carbonyl (C=O) groups excluding carboxylic acids is 3. The van der Waals surface area contributed by atoms with Crippen LogP contribution in [-0.2, 0) is 20.8 Å². The zero-order valence-corrected chi connectivity index (χ0v) is 28.9. The first-order valence-corrected chi connectivity index (χ1v) is 16.4. The van der Waals surface area contributed by atoms with Crippen molar-refractivity contribution in [1.29, 1.82) is 0 Å². The van der Waals surface area contributed by atoms with Gasteiger partial charge in [-0.1, -0.05) is 90.9 Å². The van der Waals surface area contributed by atoms with E-state index in [2.05, 4.69) is 88.7 Å². The largest absolute Gasteiger partial charge is 0.354 e. The van der Waals surface area contributed by atoms with Crippen LogP contribution in [0.4, 0.5) is 0 Å². The summed E-state index contributed by atoms with van der Waals surface area (Å²) < 4.78 is 0. The lowest BCUT2D eigenvalue weighted by Gasteiger charge is -2.31. The second kappa shape index (κ2) is 17.7. The van der Waals surface area contributed by atoms with Gasteiger partial charge in [-0.3, -0.25) is 14.4 Å². The molecule has 7 nitrogen and oxygen atoms in total. The summed E-state index contributed by atoms with van der Waals surface area (Å²) in [4.78, 5) is 42.8. The van der Waals surface area contributed by atoms with Crippen molar-refractivity contribution < 1.29 is 14.4 Å². The highest BCUT2D eigenvalue weighted by atomic mass is 35.5. The van der Waals surface area contributed by atoms with Gasteiger partial charge in [0.2, 0.25) is 17.7 Å². The van der Waals surface area contributed by atoms with Crippen LogP contribution in [0.5, 0.6) is 0 Å². The predicted octanol–water partition coefficient (Wildman–Crippen LogP) is 6.13. The van der Waals surface area contributed by atoms with Gasteiger partial charge < -0.3 is 20.9 Å². The van der Waals surface area contributed by atoms with E-state index < -0.39 is 12.1 Å². The molecule has 1 fully saturated rings. The lowest BCUT2D eigenvalue weighted by molar-refractivity contribution is -0.143. The molecular weight excluding hydrogens is 572 g/mol. The molecule has 0 bridgehead atoms. The predicted molar refractivity (Wildman–Crippen MR) is 184 cm³/mol. The minimum atomic E-state index is -0.726. The Morgan fingerprint density at radius 2 is 1.59 bits per heavy atom. The van der Waals surface area contributed by atoms with Gasteiger partial charge in [-0.2, -0.15) is 0 Å². The van der Waals surface area contributed by atoms with E-state index >= 15 is 0 Å². The summed E-state index contributed by atoms with van der Waals surface area (Å²) in [6.45, 7) is 18.0. The minimum Gasteiger partial charge on any atom is -0.354 e. The fourth-order valence-corrected chi connectivity index (χ4v) is 6.06. The first-order valence-electron chi connectivity index (χ1n) is 16.4. The van der Waals surface area contributed by atoms with Crippen LogP contribution in [0.1, 0.15) is 86.1 Å². The highest BCUT2D eigenvalue weighted by Crippen LogP contribution is 2.27. The molecular formula is C36H57ClN4O3. The Bertz CT molecular complexity index is 1200. The van der Waals surface area contributed by atoms with Crippen LogP contribution in [0, 0.1) is 23.2 Å². The van der Waals surface area contributed by atoms with Gasteiger partial charge in [0.25, 0.3) is 0 Å². The molecule has 1 aliphatic rings. The summed E-state index contributed by atoms with van der Waals surface area (Å²) in [6.07, 6.45) is 4.24. The first-order chi connectivity index (χ1) is 20.3. The van der Waals surface area contributed by atoms with E-state index in [0.29, 0.717) is 37.8 Å². The van der Waals surface area contributed by atoms with Crippen LogP contribution in [0.15, 0.2) is 42.5 Å². The Morgan fingerprint density at radius 3 is 2.23 bits per heavy atom. The molecule has 0 saturated carbocycles. The van der Waals surface area contributed by atoms with Crippen molar-refractivity contribution in [1.82, 2.24) is 20.9 Å². The van der Waals surface area contributed by atoms with Crippen LogP contribution >= 0.6 is 12.4 Å². The maximum atomic E-state index is 13.8. The third kappa shape index (κ3) is 12.0. The molecule has 0 aromatic heterocycles. The van der Waals surface area contributed by atoms with E-state index in [1.54, 1.807) is 4.90 Å². The number of carbonyl (C=O) groups is 3. The van der Waals surface area contributed by atoms with Crippen molar-refractivity contribution in [3.8, 4) is 0 Å². The summed E-state index contributed by atoms with van der Waals surface area (Å²) in [7, 11) is 0. The van der Waals surface area contributed by atoms with E-state index in [9.17, 15) is 14.4 Å². The number of amides is 3. The molecule has 1 saturated heterocycles. The second-order valence-electron chi connectivity index (χ2n) is 14.5. The van der Waals surface area contributed by atoms with Gasteiger partial charge in [0.15, 0.2) is 0 Å². The molecule has 0 aliphatic carbocycles. The summed E-state index contributed by atoms with van der Waals surface area (Å²) in [5, 5.41) is 11.8. The topological polar surface area (TPSA) is 90.5 Å². The fourth-order valence-electron chi connectivity index (χ4n) is 6.06. The summed E-state index contributed by atoms with van der Waals surface area (Å²) >= 11 is 0. The van der Waals surface area contributed by atoms with E-state index in [4.69, 9.17) is 0 Å². The molecule has 8 heteroatoms. The average molecular weight is 629 g/mol. The van der Waals surface area contributed by atoms with Crippen LogP contribution in [0.2, 0.25) is 0 Å². The molecule has 1 unspecified atom stereocenters. The number of hydrogen-bond acceptors (Lipinski definition) is 4. The van der Waals surface area contributed by atoms with Gasteiger partial charge in [-0.05, 0) is 78.8 Å². The molecule has 2 aromatic rings. The normalized spacial score (nSPS) is 16.0. The van der Waals surface area contributed by atoms with Gasteiger partial charge in [-0.15, -0.1) is 12.4 Å². The molecule has 3 N–H and O–H groups in total. The highest BCUT2D eigenvalue weighted by molar-refractivity contribution is 5.93. The highest BCUT2D eigenvalue weighted by Gasteiger charge is 2.38. The Hall–Kier alpha value is -2.64. The SMILES string of the molecule is CC(C)CC(CC(C)C)C(=O)N1CCCC1C(=O)N[C@H](Cc1ccc2ccccc2c1)C(=O)NCCCNCC(C)(C)C.Cl. The third-order valence-electron chi connectivity index (χ3n) is 8.07. The number of fused-ring (bicyclic) bond motifs is 1. The van der Waals surface area contributed by atoms with E-state index in [1.165, 1.54) is 0 Å². The van der Waals surface area contributed by atoms with E-state index in [-0.39, 0.29) is 41.5 Å². The molecule has 3 rings (SSSR count). The van der Waals surface area contributed by atoms with Crippen LogP contribution < -0.4 is 16.0 Å². The number of nitrogens with zero attached hydrogens (tertiary/aromatic N) is 1. The molecule has 2 aromatic carbocycles. The molecule has 3 amide bonds. The van der Waals surface area contributed by atoms with Gasteiger partial charge in [0.05, 0.1) is 0 Å². The van der Waals surface area contributed by atoms with Crippen molar-refractivity contribution in [3.63, 3.8) is 0 Å². The monoisotopic (exact) mass is 628 g/mol. The van der Waals surface area contributed by atoms with Crippen molar-refractivity contribution in [2.45, 2.75) is 99.1 Å². The zero-order valence-electron chi connectivity index (χ0n) is 28.1. The van der Waals surface area contributed by atoms with Crippen molar-refractivity contribution in [2.24, 2.45) is 23.2 Å². The fraction of sp³-hybridized carbons (Fsp3) is 0.639. The van der Waals surface area contributed by atoms with Crippen molar-refractivity contribution in [3.05, 3.63) is 48.0 Å². The van der Waals surface area contributed by atoms with Gasteiger partial charge in [-0.25, -0.2) is 0 Å². The lowest BCUT2D eigenvalue weighted by atomic mass is 9.88. The molecule has 0 radical (unpaired) electrons. The Labute approximate surface area is 272 Å². The maximum Gasteiger partial charge on any atom is 0.243 e. The van der Waals surface area contributed by atoms with Crippen molar-refractivity contribution in [2.75, 3.05) is 26.2 Å². The molecule has 246 valence electrons. The third-order valence-corrected chi connectivity index (χ3v) is 8.07. The molecule has 2 atom stereocenters. The average Bonchev–Trinajstić information content (AvgIpc) is 3.43. The zero-order chi connectivity index (χ0) is 31.6. The van der Waals surface area contributed by atoms with E-state index in [0.717, 1.165) is 55.1 Å². The Morgan fingerprint density at radius 1 is 0.932 bits per heavy atom. The van der Waals surface area contributed by atoms with Crippen LogP contribution in [0.3, 0.4) is 0 Å². The minimum absolute atomic E-state index is 0. The number of hydrogen-bond donors (Lipinski definition) is 3. The van der Waals surface area contributed by atoms with Crippen LogP contribution in [-0.4, -0.2) is 60.9 Å². The quantitative estimate of drug-likeness (QED) is 0.207. The number of rotatable bonds is 15. The summed E-state index contributed by atoms with van der Waals surface area (Å²) in [5.41, 5.74) is 1.19. The first kappa shape index (κ1) is 37.5. The molecule has 1 aliphatic heterocycles. The summed E-state index contributed by atoms with van der Waals surface area (Å²) in [5.74, 6) is 0.384. The number of halogens is 1.